The van der Waals surface area contributed by atoms with Crippen molar-refractivity contribution in [2.75, 3.05) is 30.3 Å². The van der Waals surface area contributed by atoms with Crippen molar-refractivity contribution in [1.29, 1.82) is 0 Å². The number of ether oxygens (including phenoxy) is 1. The number of amides is 2. The molecule has 0 unspecified atom stereocenters. The Kier molecular flexibility index (Phi) is 5.20. The molecule has 4 rings (SSSR count). The normalized spacial score (nSPS) is 17.9. The summed E-state index contributed by atoms with van der Waals surface area (Å²) in [5.74, 6) is -0.917. The van der Waals surface area contributed by atoms with Crippen LogP contribution in [0, 0.1) is 5.92 Å². The van der Waals surface area contributed by atoms with Gasteiger partial charge in [0.05, 0.1) is 35.2 Å². The van der Waals surface area contributed by atoms with Crippen molar-refractivity contribution in [3.8, 4) is 0 Å². The summed E-state index contributed by atoms with van der Waals surface area (Å²) in [6, 6.07) is 12.5. The number of hydrogen-bond donors (Lipinski definition) is 2. The smallest absolute Gasteiger partial charge is 0.310 e. The maximum Gasteiger partial charge on any atom is 0.310 e. The molecule has 0 radical (unpaired) electrons. The van der Waals surface area contributed by atoms with Crippen LogP contribution < -0.4 is 10.6 Å². The fourth-order valence-electron chi connectivity index (χ4n) is 3.81. The zero-order chi connectivity index (χ0) is 20.4. The first-order valence-corrected chi connectivity index (χ1v) is 9.84. The summed E-state index contributed by atoms with van der Waals surface area (Å²) in [6.45, 7) is 3.07. The van der Waals surface area contributed by atoms with E-state index >= 15 is 0 Å². The van der Waals surface area contributed by atoms with E-state index in [-0.39, 0.29) is 23.7 Å². The summed E-state index contributed by atoms with van der Waals surface area (Å²) in [5.41, 5.74) is 3.02. The molecule has 2 N–H and O–H groups in total. The molecule has 0 spiro atoms. The Balaban J connectivity index is 1.55. The van der Waals surface area contributed by atoms with Gasteiger partial charge in [-0.05, 0) is 50.1 Å². The predicted molar refractivity (Wildman–Crippen MR) is 109 cm³/mol. The van der Waals surface area contributed by atoms with Crippen LogP contribution in [-0.4, -0.2) is 42.4 Å². The molecule has 2 amide bonds. The van der Waals surface area contributed by atoms with Gasteiger partial charge < -0.3 is 20.3 Å². The molecule has 0 saturated carbocycles. The average Bonchev–Trinajstić information content (AvgIpc) is 2.88. The van der Waals surface area contributed by atoms with Crippen molar-refractivity contribution >= 4 is 34.8 Å². The third kappa shape index (κ3) is 3.81. The van der Waals surface area contributed by atoms with Gasteiger partial charge in [-0.15, -0.1) is 0 Å². The molecule has 2 aliphatic heterocycles. The number of anilines is 3. The van der Waals surface area contributed by atoms with Gasteiger partial charge >= 0.3 is 5.97 Å². The summed E-state index contributed by atoms with van der Waals surface area (Å²) >= 11 is 0. The lowest BCUT2D eigenvalue weighted by atomic mass is 9.97. The first-order valence-electron chi connectivity index (χ1n) is 9.84. The molecule has 1 saturated heterocycles. The highest BCUT2D eigenvalue weighted by atomic mass is 16.5. The van der Waals surface area contributed by atoms with Gasteiger partial charge in [0.1, 0.15) is 0 Å². The predicted octanol–water partition coefficient (Wildman–Crippen LogP) is 3.41. The topological polar surface area (TPSA) is 87.7 Å². The molecule has 2 heterocycles. The number of hydrogen-bond acceptors (Lipinski definition) is 5. The van der Waals surface area contributed by atoms with E-state index in [1.54, 1.807) is 42.2 Å². The molecule has 7 heteroatoms. The van der Waals surface area contributed by atoms with Crippen LogP contribution in [-0.2, 0) is 9.53 Å². The number of carbonyl (C=O) groups excluding carboxylic acids is 3. The molecular formula is C22H23N3O4. The Morgan fingerprint density at radius 2 is 1.93 bits per heavy atom. The van der Waals surface area contributed by atoms with Gasteiger partial charge in [-0.3, -0.25) is 14.4 Å². The van der Waals surface area contributed by atoms with E-state index in [0.717, 1.165) is 24.2 Å². The minimum absolute atomic E-state index is 0.155. The van der Waals surface area contributed by atoms with Crippen molar-refractivity contribution in [2.45, 2.75) is 19.8 Å². The van der Waals surface area contributed by atoms with Crippen molar-refractivity contribution in [3.05, 3.63) is 53.6 Å². The lowest BCUT2D eigenvalue weighted by molar-refractivity contribution is -0.149. The Morgan fingerprint density at radius 1 is 1.10 bits per heavy atom. The second-order valence-electron chi connectivity index (χ2n) is 7.23. The second-order valence-corrected chi connectivity index (χ2v) is 7.23. The number of para-hydroxylation sites is 1. The summed E-state index contributed by atoms with van der Waals surface area (Å²) in [5, 5.41) is 6.12. The SMILES string of the molecule is CCOC(=O)[C@H]1CCCN(C(=O)c2ccc3c(c2)NC(=O)c2ccccc2N3)C1. The van der Waals surface area contributed by atoms with Crippen LogP contribution in [0.15, 0.2) is 42.5 Å². The third-order valence-electron chi connectivity index (χ3n) is 5.28. The summed E-state index contributed by atoms with van der Waals surface area (Å²) in [7, 11) is 0. The van der Waals surface area contributed by atoms with Crippen LogP contribution in [0.1, 0.15) is 40.5 Å². The van der Waals surface area contributed by atoms with Crippen LogP contribution in [0.5, 0.6) is 0 Å². The minimum Gasteiger partial charge on any atom is -0.466 e. The van der Waals surface area contributed by atoms with Crippen molar-refractivity contribution < 1.29 is 19.1 Å². The van der Waals surface area contributed by atoms with Crippen molar-refractivity contribution in [2.24, 2.45) is 5.92 Å². The maximum absolute atomic E-state index is 13.0. The van der Waals surface area contributed by atoms with Crippen LogP contribution >= 0.6 is 0 Å². The fraction of sp³-hybridized carbons (Fsp3) is 0.318. The van der Waals surface area contributed by atoms with Gasteiger partial charge in [-0.1, -0.05) is 12.1 Å². The maximum atomic E-state index is 13.0. The monoisotopic (exact) mass is 393 g/mol. The molecule has 0 bridgehead atoms. The Bertz CT molecular complexity index is 972. The van der Waals surface area contributed by atoms with Crippen molar-refractivity contribution in [1.82, 2.24) is 4.90 Å². The number of piperidine rings is 1. The lowest BCUT2D eigenvalue weighted by Gasteiger charge is -2.31. The molecular weight excluding hydrogens is 370 g/mol. The molecule has 2 aromatic carbocycles. The van der Waals surface area contributed by atoms with Gasteiger partial charge in [0.25, 0.3) is 11.8 Å². The van der Waals surface area contributed by atoms with E-state index in [1.165, 1.54) is 0 Å². The van der Waals surface area contributed by atoms with Gasteiger partial charge in [-0.2, -0.15) is 0 Å². The molecule has 7 nitrogen and oxygen atoms in total. The second kappa shape index (κ2) is 7.95. The van der Waals surface area contributed by atoms with E-state index in [1.807, 2.05) is 12.1 Å². The van der Waals surface area contributed by atoms with Gasteiger partial charge in [0, 0.05) is 18.7 Å². The highest BCUT2D eigenvalue weighted by Gasteiger charge is 2.30. The highest BCUT2D eigenvalue weighted by Crippen LogP contribution is 2.33. The Morgan fingerprint density at radius 3 is 2.76 bits per heavy atom. The third-order valence-corrected chi connectivity index (χ3v) is 5.28. The van der Waals surface area contributed by atoms with Gasteiger partial charge in [0.2, 0.25) is 0 Å². The number of nitrogens with zero attached hydrogens (tertiary/aromatic N) is 1. The summed E-state index contributed by atoms with van der Waals surface area (Å²) in [4.78, 5) is 39.3. The molecule has 0 aliphatic carbocycles. The molecule has 1 fully saturated rings. The molecule has 1 atom stereocenters. The Hall–Kier alpha value is -3.35. The number of carbonyl (C=O) groups is 3. The van der Waals surface area contributed by atoms with Crippen LogP contribution in [0.4, 0.5) is 17.1 Å². The number of benzene rings is 2. The van der Waals surface area contributed by atoms with E-state index in [4.69, 9.17) is 4.74 Å². The lowest BCUT2D eigenvalue weighted by Crippen LogP contribution is -2.42. The van der Waals surface area contributed by atoms with E-state index in [0.29, 0.717) is 36.5 Å². The molecule has 29 heavy (non-hydrogen) atoms. The highest BCUT2D eigenvalue weighted by molar-refractivity contribution is 6.12. The molecule has 2 aliphatic rings. The van der Waals surface area contributed by atoms with E-state index in [2.05, 4.69) is 10.6 Å². The average molecular weight is 393 g/mol. The number of esters is 1. The Labute approximate surface area is 169 Å². The first-order chi connectivity index (χ1) is 14.1. The van der Waals surface area contributed by atoms with E-state index < -0.39 is 0 Å². The largest absolute Gasteiger partial charge is 0.466 e. The quantitative estimate of drug-likeness (QED) is 0.781. The standard InChI is InChI=1S/C22H23N3O4/c1-2-29-22(28)15-6-5-11-25(13-15)21(27)14-9-10-18-19(12-14)24-20(26)16-7-3-4-8-17(16)23-18/h3-4,7-10,12,15,23H,2,5-6,11,13H2,1H3,(H,24,26)/t15-/m0/s1. The molecule has 2 aromatic rings. The van der Waals surface area contributed by atoms with Crippen LogP contribution in [0.3, 0.4) is 0 Å². The number of likely N-dealkylation sites (tertiary alicyclic amines) is 1. The number of nitrogens with one attached hydrogen (secondary N) is 2. The molecule has 0 aromatic heterocycles. The summed E-state index contributed by atoms with van der Waals surface area (Å²) in [6.07, 6.45) is 1.48. The van der Waals surface area contributed by atoms with Gasteiger partial charge in [0.15, 0.2) is 0 Å². The van der Waals surface area contributed by atoms with Crippen LogP contribution in [0.25, 0.3) is 0 Å². The van der Waals surface area contributed by atoms with Crippen molar-refractivity contribution in [3.63, 3.8) is 0 Å². The number of fused-ring (bicyclic) bond motifs is 2. The van der Waals surface area contributed by atoms with Crippen LogP contribution in [0.2, 0.25) is 0 Å². The zero-order valence-electron chi connectivity index (χ0n) is 16.2. The fourth-order valence-corrected chi connectivity index (χ4v) is 3.81. The minimum atomic E-state index is -0.288. The van der Waals surface area contributed by atoms with E-state index in [9.17, 15) is 14.4 Å². The summed E-state index contributed by atoms with van der Waals surface area (Å²) < 4.78 is 5.11. The zero-order valence-corrected chi connectivity index (χ0v) is 16.2. The molecule has 150 valence electrons. The first kappa shape index (κ1) is 19.0. The van der Waals surface area contributed by atoms with Gasteiger partial charge in [-0.25, -0.2) is 0 Å². The number of rotatable bonds is 3.